The quantitative estimate of drug-likeness (QED) is 0.596. The van der Waals surface area contributed by atoms with Crippen molar-refractivity contribution in [3.63, 3.8) is 0 Å². The van der Waals surface area contributed by atoms with Crippen molar-refractivity contribution in [3.05, 3.63) is 30.1 Å². The minimum Gasteiger partial charge on any atom is -1.00 e. The Kier molecular flexibility index (Phi) is 3.98. The average Bonchev–Trinajstić information content (AvgIpc) is 1.90. The van der Waals surface area contributed by atoms with Gasteiger partial charge in [0.2, 0.25) is 0 Å². The zero-order chi connectivity index (χ0) is 6.69. The first-order valence-corrected chi connectivity index (χ1v) is 2.44. The predicted octanol–water partition coefficient (Wildman–Crippen LogP) is 0.624. The summed E-state index contributed by atoms with van der Waals surface area (Å²) in [6, 6.07) is 3.08. The minimum absolute atomic E-state index is 0. The molecule has 1 rings (SSSR count). The van der Waals surface area contributed by atoms with Gasteiger partial charge in [0.15, 0.2) is 0 Å². The number of carbonyl (C=O) groups is 1. The average molecular weight is 149 g/mol. The summed E-state index contributed by atoms with van der Waals surface area (Å²) in [5.41, 5.74) is 0.220. The number of aromatic nitrogens is 1. The molecule has 0 aromatic carbocycles. The molecular weight excluding hydrogens is 142 g/mol. The van der Waals surface area contributed by atoms with E-state index in [1.807, 2.05) is 0 Å². The van der Waals surface area contributed by atoms with Crippen LogP contribution in [0.15, 0.2) is 24.5 Å². The molecule has 0 aliphatic rings. The Hall–Kier alpha value is -0.614. The van der Waals surface area contributed by atoms with E-state index in [1.165, 1.54) is 18.5 Å². The van der Waals surface area contributed by atoms with Crippen LogP contribution in [0.3, 0.4) is 0 Å². The van der Waals surface area contributed by atoms with Gasteiger partial charge in [-0.05, 0) is 12.1 Å². The predicted molar refractivity (Wildman–Crippen MR) is 39.2 cm³/mol. The number of nitrogens with zero attached hydrogens (tertiary/aromatic N) is 1. The van der Waals surface area contributed by atoms with Crippen LogP contribution in [-0.2, 0) is 0 Å². The number of hydrogen-bond donors (Lipinski definition) is 1. The molecule has 0 aliphatic heterocycles. The third-order valence-corrected chi connectivity index (χ3v) is 0.908. The van der Waals surface area contributed by atoms with Gasteiger partial charge in [-0.15, -0.1) is 0 Å². The van der Waals surface area contributed by atoms with Crippen LogP contribution in [0.4, 0.5) is 0 Å². The molecule has 0 spiro atoms. The molecule has 10 heavy (non-hydrogen) atoms. The second-order valence-corrected chi connectivity index (χ2v) is 1.55. The summed E-state index contributed by atoms with van der Waals surface area (Å²) in [7, 11) is 0. The van der Waals surface area contributed by atoms with Gasteiger partial charge in [0, 0.05) is 12.4 Å². The van der Waals surface area contributed by atoms with Gasteiger partial charge in [0.1, 0.15) is 0 Å². The molecule has 1 N–H and O–H groups in total. The van der Waals surface area contributed by atoms with Crippen molar-refractivity contribution in [2.45, 2.75) is 0 Å². The van der Waals surface area contributed by atoms with E-state index in [9.17, 15) is 4.79 Å². The fraction of sp³-hybridized carbons (Fsp3) is 0. The molecule has 0 fully saturated rings. The molecule has 0 amide bonds. The Morgan fingerprint density at radius 3 is 2.70 bits per heavy atom. The van der Waals surface area contributed by atoms with Gasteiger partial charge in [-0.25, -0.2) is 4.79 Å². The first kappa shape index (κ1) is 9.39. The van der Waals surface area contributed by atoms with E-state index in [4.69, 9.17) is 5.11 Å². The van der Waals surface area contributed by atoms with Crippen molar-refractivity contribution in [1.29, 1.82) is 0 Å². The molecule has 3 nitrogen and oxygen atoms in total. The van der Waals surface area contributed by atoms with Crippen LogP contribution in [0.2, 0.25) is 0 Å². The number of carboxylic acids is 1. The monoisotopic (exact) mass is 149 g/mol. The molecule has 0 unspecified atom stereocenters. The van der Waals surface area contributed by atoms with Gasteiger partial charge in [0.25, 0.3) is 0 Å². The largest absolute Gasteiger partial charge is 2.00 e. The first-order chi connectivity index (χ1) is 4.30. The maximum Gasteiger partial charge on any atom is 2.00 e. The van der Waals surface area contributed by atoms with Gasteiger partial charge in [-0.3, -0.25) is 4.98 Å². The van der Waals surface area contributed by atoms with Crippen molar-refractivity contribution < 1.29 is 12.8 Å². The Bertz CT molecular complexity index is 220. The van der Waals surface area contributed by atoms with E-state index in [1.54, 1.807) is 6.07 Å². The van der Waals surface area contributed by atoms with Crippen molar-refractivity contribution in [1.82, 2.24) is 4.98 Å². The SMILES string of the molecule is O=C(O)c1cccnc1.[H-].[H-].[Mg+2]. The molecule has 0 saturated heterocycles. The van der Waals surface area contributed by atoms with Crippen LogP contribution in [0.5, 0.6) is 0 Å². The van der Waals surface area contributed by atoms with E-state index in [2.05, 4.69) is 4.98 Å². The number of hydrogen-bond acceptors (Lipinski definition) is 2. The van der Waals surface area contributed by atoms with Crippen molar-refractivity contribution in [2.24, 2.45) is 0 Å². The molecule has 1 aromatic heterocycles. The fourth-order valence-corrected chi connectivity index (χ4v) is 0.489. The fourth-order valence-electron chi connectivity index (χ4n) is 0.489. The molecule has 0 radical (unpaired) electrons. The molecule has 4 heteroatoms. The maximum absolute atomic E-state index is 10.2. The second-order valence-electron chi connectivity index (χ2n) is 1.55. The van der Waals surface area contributed by atoms with Crippen molar-refractivity contribution in [2.75, 3.05) is 0 Å². The number of rotatable bonds is 1. The van der Waals surface area contributed by atoms with Crippen LogP contribution in [0.25, 0.3) is 0 Å². The first-order valence-electron chi connectivity index (χ1n) is 2.44. The van der Waals surface area contributed by atoms with Gasteiger partial charge < -0.3 is 7.96 Å². The second kappa shape index (κ2) is 4.24. The number of carboxylic acid groups (broad SMARTS) is 1. The molecule has 0 saturated carbocycles. The molecular formula is C6H7MgNO2. The molecule has 0 bridgehead atoms. The van der Waals surface area contributed by atoms with Crippen molar-refractivity contribution in [3.8, 4) is 0 Å². The van der Waals surface area contributed by atoms with Crippen LogP contribution in [0, 0.1) is 0 Å². The van der Waals surface area contributed by atoms with Gasteiger partial charge in [-0.1, -0.05) is 0 Å². The van der Waals surface area contributed by atoms with Gasteiger partial charge in [-0.2, -0.15) is 0 Å². The van der Waals surface area contributed by atoms with Crippen molar-refractivity contribution >= 4 is 29.0 Å². The summed E-state index contributed by atoms with van der Waals surface area (Å²) in [5, 5.41) is 8.34. The van der Waals surface area contributed by atoms with E-state index < -0.39 is 5.97 Å². The standard InChI is InChI=1S/C6H5NO2.Mg.2H/c8-6(9)5-2-1-3-7-4-5;;;/h1-4H,(H,8,9);;;/q;+2;2*-1. The van der Waals surface area contributed by atoms with Gasteiger partial charge in [0.05, 0.1) is 5.56 Å². The molecule has 50 valence electrons. The third-order valence-electron chi connectivity index (χ3n) is 0.908. The number of pyridine rings is 1. The molecule has 1 heterocycles. The van der Waals surface area contributed by atoms with E-state index in [-0.39, 0.29) is 31.5 Å². The Morgan fingerprint density at radius 1 is 1.70 bits per heavy atom. The molecule has 0 atom stereocenters. The normalized spacial score (nSPS) is 8.00. The smallest absolute Gasteiger partial charge is 1.00 e. The zero-order valence-electron chi connectivity index (χ0n) is 7.32. The van der Waals surface area contributed by atoms with Gasteiger partial charge >= 0.3 is 29.0 Å². The van der Waals surface area contributed by atoms with Crippen LogP contribution >= 0.6 is 0 Å². The minimum atomic E-state index is -0.942. The zero-order valence-corrected chi connectivity index (χ0v) is 6.73. The Morgan fingerprint density at radius 2 is 2.40 bits per heavy atom. The Labute approximate surface area is 77.2 Å². The van der Waals surface area contributed by atoms with E-state index >= 15 is 0 Å². The number of aromatic carboxylic acids is 1. The van der Waals surface area contributed by atoms with E-state index in [0.717, 1.165) is 0 Å². The summed E-state index contributed by atoms with van der Waals surface area (Å²) in [5.74, 6) is -0.942. The van der Waals surface area contributed by atoms with Crippen LogP contribution in [0.1, 0.15) is 13.2 Å². The Balaban J connectivity index is -0.000000270. The van der Waals surface area contributed by atoms with Crippen LogP contribution in [-0.4, -0.2) is 39.1 Å². The summed E-state index contributed by atoms with van der Waals surface area (Å²) in [4.78, 5) is 13.8. The topological polar surface area (TPSA) is 50.2 Å². The molecule has 1 aromatic rings. The summed E-state index contributed by atoms with van der Waals surface area (Å²) < 4.78 is 0. The summed E-state index contributed by atoms with van der Waals surface area (Å²) in [6.45, 7) is 0. The third kappa shape index (κ3) is 2.32. The molecule has 0 aliphatic carbocycles. The van der Waals surface area contributed by atoms with E-state index in [0.29, 0.717) is 0 Å². The summed E-state index contributed by atoms with van der Waals surface area (Å²) >= 11 is 0. The summed E-state index contributed by atoms with van der Waals surface area (Å²) in [6.07, 6.45) is 2.84. The maximum atomic E-state index is 10.2. The van der Waals surface area contributed by atoms with Crippen LogP contribution < -0.4 is 0 Å².